The van der Waals surface area contributed by atoms with Gasteiger partial charge in [-0.2, -0.15) is 0 Å². The van der Waals surface area contributed by atoms with Gasteiger partial charge < -0.3 is 14.7 Å². The second-order valence-electron chi connectivity index (χ2n) is 7.75. The molecule has 1 amide bonds. The molecule has 1 aliphatic rings. The highest BCUT2D eigenvalue weighted by Gasteiger charge is 2.51. The van der Waals surface area contributed by atoms with Crippen molar-refractivity contribution in [3.8, 4) is 5.75 Å². The molecule has 4 rings (SSSR count). The van der Waals surface area contributed by atoms with Crippen LogP contribution in [0.1, 0.15) is 27.9 Å². The van der Waals surface area contributed by atoms with Crippen LogP contribution in [0.3, 0.4) is 0 Å². The van der Waals surface area contributed by atoms with Crippen molar-refractivity contribution in [1.29, 1.82) is 0 Å². The molecule has 34 heavy (non-hydrogen) atoms. The van der Waals surface area contributed by atoms with Crippen LogP contribution in [0.5, 0.6) is 5.75 Å². The van der Waals surface area contributed by atoms with Crippen LogP contribution in [0.4, 0.5) is 11.4 Å². The Morgan fingerprint density at radius 3 is 2.56 bits per heavy atom. The van der Waals surface area contributed by atoms with Gasteiger partial charge in [0.1, 0.15) is 0 Å². The fraction of sp³-hybridized carbons (Fsp3) is 0.167. The van der Waals surface area contributed by atoms with E-state index < -0.39 is 28.6 Å². The van der Waals surface area contributed by atoms with Crippen molar-refractivity contribution < 1.29 is 24.4 Å². The summed E-state index contributed by atoms with van der Waals surface area (Å²) < 4.78 is 6.42. The minimum absolute atomic E-state index is 0.00507. The molecule has 0 aromatic heterocycles. The van der Waals surface area contributed by atoms with Crippen molar-refractivity contribution in [2.24, 2.45) is 0 Å². The number of ether oxygens (including phenoxy) is 1. The van der Waals surface area contributed by atoms with Crippen molar-refractivity contribution in [2.75, 3.05) is 12.0 Å². The number of fused-ring (bicyclic) bond motifs is 1. The molecule has 0 fully saturated rings. The second kappa shape index (κ2) is 9.28. The maximum absolute atomic E-state index is 13.5. The zero-order valence-corrected chi connectivity index (χ0v) is 21.0. The Kier molecular flexibility index (Phi) is 6.57. The summed E-state index contributed by atoms with van der Waals surface area (Å²) >= 11 is 6.84. The van der Waals surface area contributed by atoms with Gasteiger partial charge in [-0.05, 0) is 42.0 Å². The molecule has 0 saturated carbocycles. The molecule has 1 aliphatic heterocycles. The van der Waals surface area contributed by atoms with Gasteiger partial charge in [0.15, 0.2) is 17.1 Å². The Hall–Kier alpha value is -3.08. The molecule has 0 radical (unpaired) electrons. The van der Waals surface area contributed by atoms with Crippen LogP contribution in [-0.4, -0.2) is 28.8 Å². The standard InChI is InChI=1S/C24H18Br2N2O6/c1-34-22-9-6-14(10-20(22)28(32)33)21(29)12-24(31)17-11-16(25)7-8-19(17)27(23(24)30)13-15-4-2-3-5-18(15)26/h2-11,31H,12-13H2,1H3. The van der Waals surface area contributed by atoms with Gasteiger partial charge in [0.05, 0.1) is 30.7 Å². The number of aliphatic hydroxyl groups is 1. The molecule has 1 N–H and O–H groups in total. The fourth-order valence-electron chi connectivity index (χ4n) is 3.99. The first-order valence-corrected chi connectivity index (χ1v) is 11.7. The maximum Gasteiger partial charge on any atom is 0.311 e. The van der Waals surface area contributed by atoms with E-state index in [0.717, 1.165) is 16.1 Å². The minimum atomic E-state index is -2.13. The number of carbonyl (C=O) groups excluding carboxylic acids is 2. The van der Waals surface area contributed by atoms with Crippen molar-refractivity contribution >= 4 is 54.9 Å². The molecule has 1 unspecified atom stereocenters. The SMILES string of the molecule is COc1ccc(C(=O)CC2(O)C(=O)N(Cc3ccccc3Br)c3ccc(Br)cc32)cc1[N+](=O)[O-]. The summed E-state index contributed by atoms with van der Waals surface area (Å²) in [4.78, 5) is 38.8. The lowest BCUT2D eigenvalue weighted by Gasteiger charge is -2.23. The van der Waals surface area contributed by atoms with Crippen LogP contribution >= 0.6 is 31.9 Å². The first-order chi connectivity index (χ1) is 16.2. The smallest absolute Gasteiger partial charge is 0.311 e. The van der Waals surface area contributed by atoms with Crippen molar-refractivity contribution in [3.63, 3.8) is 0 Å². The van der Waals surface area contributed by atoms with Gasteiger partial charge >= 0.3 is 5.69 Å². The summed E-state index contributed by atoms with van der Waals surface area (Å²) in [5, 5.41) is 22.9. The zero-order chi connectivity index (χ0) is 24.6. The van der Waals surface area contributed by atoms with Gasteiger partial charge in [-0.25, -0.2) is 0 Å². The summed E-state index contributed by atoms with van der Waals surface area (Å²) in [6.07, 6.45) is -0.578. The second-order valence-corrected chi connectivity index (χ2v) is 9.52. The molecule has 3 aromatic rings. The van der Waals surface area contributed by atoms with Crippen LogP contribution in [0.15, 0.2) is 69.6 Å². The Morgan fingerprint density at radius 1 is 1.15 bits per heavy atom. The minimum Gasteiger partial charge on any atom is -0.490 e. The number of nitro benzene ring substituents is 1. The third kappa shape index (κ3) is 4.24. The largest absolute Gasteiger partial charge is 0.490 e. The van der Waals surface area contributed by atoms with E-state index in [1.807, 2.05) is 24.3 Å². The number of amides is 1. The topological polar surface area (TPSA) is 110 Å². The maximum atomic E-state index is 13.5. The Bertz CT molecular complexity index is 1330. The molecule has 8 nitrogen and oxygen atoms in total. The third-order valence-corrected chi connectivity index (χ3v) is 6.96. The summed E-state index contributed by atoms with van der Waals surface area (Å²) in [6, 6.07) is 16.2. The Morgan fingerprint density at radius 2 is 1.88 bits per heavy atom. The predicted octanol–water partition coefficient (Wildman–Crippen LogP) is 5.14. The van der Waals surface area contributed by atoms with Gasteiger partial charge in [-0.1, -0.05) is 50.1 Å². The van der Waals surface area contributed by atoms with E-state index in [1.165, 1.54) is 24.1 Å². The lowest BCUT2D eigenvalue weighted by Crippen LogP contribution is -2.41. The third-order valence-electron chi connectivity index (χ3n) is 5.69. The number of hydrogen-bond acceptors (Lipinski definition) is 6. The lowest BCUT2D eigenvalue weighted by molar-refractivity contribution is -0.385. The molecule has 1 atom stereocenters. The number of hydrogen-bond donors (Lipinski definition) is 1. The van der Waals surface area contributed by atoms with E-state index in [0.29, 0.717) is 10.2 Å². The van der Waals surface area contributed by atoms with E-state index in [4.69, 9.17) is 4.74 Å². The molecule has 10 heteroatoms. The van der Waals surface area contributed by atoms with Crippen LogP contribution in [0.2, 0.25) is 0 Å². The highest BCUT2D eigenvalue weighted by atomic mass is 79.9. The highest BCUT2D eigenvalue weighted by molar-refractivity contribution is 9.10. The number of carbonyl (C=O) groups is 2. The average molecular weight is 590 g/mol. The van der Waals surface area contributed by atoms with E-state index in [1.54, 1.807) is 18.2 Å². The number of rotatable bonds is 7. The van der Waals surface area contributed by atoms with Crippen molar-refractivity contribution in [2.45, 2.75) is 18.6 Å². The average Bonchev–Trinajstić information content (AvgIpc) is 3.01. The molecule has 1 heterocycles. The van der Waals surface area contributed by atoms with E-state index in [2.05, 4.69) is 31.9 Å². The zero-order valence-electron chi connectivity index (χ0n) is 17.8. The first-order valence-electron chi connectivity index (χ1n) is 10.1. The number of benzene rings is 3. The summed E-state index contributed by atoms with van der Waals surface area (Å²) in [5.74, 6) is -1.26. The monoisotopic (exact) mass is 588 g/mol. The molecular weight excluding hydrogens is 572 g/mol. The Labute approximate surface area is 211 Å². The van der Waals surface area contributed by atoms with Gasteiger partial charge in [0.2, 0.25) is 0 Å². The predicted molar refractivity (Wildman–Crippen MR) is 132 cm³/mol. The molecule has 0 aliphatic carbocycles. The summed E-state index contributed by atoms with van der Waals surface area (Å²) in [6.45, 7) is 0.180. The van der Waals surface area contributed by atoms with Crippen LogP contribution < -0.4 is 9.64 Å². The molecule has 174 valence electrons. The van der Waals surface area contributed by atoms with Gasteiger partial charge in [-0.15, -0.1) is 0 Å². The number of methoxy groups -OCH3 is 1. The molecule has 0 spiro atoms. The summed E-state index contributed by atoms with van der Waals surface area (Å²) in [7, 11) is 1.29. The van der Waals surface area contributed by atoms with Crippen LogP contribution in [0, 0.1) is 10.1 Å². The number of halogens is 2. The van der Waals surface area contributed by atoms with Gasteiger partial charge in [0.25, 0.3) is 5.91 Å². The fourth-order valence-corrected chi connectivity index (χ4v) is 4.76. The van der Waals surface area contributed by atoms with E-state index in [-0.39, 0.29) is 29.1 Å². The van der Waals surface area contributed by atoms with Crippen LogP contribution in [-0.2, 0) is 16.9 Å². The lowest BCUT2D eigenvalue weighted by atomic mass is 9.88. The van der Waals surface area contributed by atoms with Crippen molar-refractivity contribution in [1.82, 2.24) is 0 Å². The van der Waals surface area contributed by atoms with Crippen LogP contribution in [0.25, 0.3) is 0 Å². The number of anilines is 1. The van der Waals surface area contributed by atoms with Crippen molar-refractivity contribution in [3.05, 3.63) is 96.4 Å². The highest BCUT2D eigenvalue weighted by Crippen LogP contribution is 2.45. The first kappa shape index (κ1) is 24.1. The van der Waals surface area contributed by atoms with E-state index in [9.17, 15) is 24.8 Å². The number of nitro groups is 1. The Balaban J connectivity index is 1.72. The molecule has 0 saturated heterocycles. The normalized spacial score (nSPS) is 16.9. The number of nitrogens with zero attached hydrogens (tertiary/aromatic N) is 2. The van der Waals surface area contributed by atoms with Gasteiger partial charge in [0, 0.05) is 26.1 Å². The van der Waals surface area contributed by atoms with E-state index >= 15 is 0 Å². The number of Topliss-reactive ketones (excluding diaryl/α,β-unsaturated/α-hetero) is 1. The molecule has 0 bridgehead atoms. The van der Waals surface area contributed by atoms with Gasteiger partial charge in [-0.3, -0.25) is 19.7 Å². The molecular formula is C24H18Br2N2O6. The summed E-state index contributed by atoms with van der Waals surface area (Å²) in [5.41, 5.74) is -0.917. The molecule has 3 aromatic carbocycles. The quantitative estimate of drug-likeness (QED) is 0.232. The number of ketones is 1.